The number of hydrogen-bond donors (Lipinski definition) is 2. The van der Waals surface area contributed by atoms with Gasteiger partial charge in [0.1, 0.15) is 0 Å². The van der Waals surface area contributed by atoms with Crippen molar-refractivity contribution in [3.63, 3.8) is 0 Å². The summed E-state index contributed by atoms with van der Waals surface area (Å²) in [7, 11) is 0. The summed E-state index contributed by atoms with van der Waals surface area (Å²) in [5.41, 5.74) is 1.38. The lowest BCUT2D eigenvalue weighted by atomic mass is 10.1. The number of anilines is 2. The summed E-state index contributed by atoms with van der Waals surface area (Å²) in [4.78, 5) is 49.4. The highest BCUT2D eigenvalue weighted by molar-refractivity contribution is 6.02. The second kappa shape index (κ2) is 19.4. The molecule has 0 spiro atoms. The van der Waals surface area contributed by atoms with Gasteiger partial charge in [-0.05, 0) is 49.2 Å². The SMILES string of the molecule is CCCCCCCCCCCC(=O)Nc1ccccc1C(=O)OCC(=O)Nc1ccc(C(=O)OCCCC)cc1. The highest BCUT2D eigenvalue weighted by Gasteiger charge is 2.16. The number of rotatable bonds is 19. The predicted molar refractivity (Wildman–Crippen MR) is 157 cm³/mol. The van der Waals surface area contributed by atoms with Gasteiger partial charge < -0.3 is 20.1 Å². The fourth-order valence-electron chi connectivity index (χ4n) is 4.07. The number of benzene rings is 2. The number of ether oxygens (including phenoxy) is 2. The molecule has 0 radical (unpaired) electrons. The molecule has 0 atom stereocenters. The van der Waals surface area contributed by atoms with Crippen molar-refractivity contribution in [3.05, 3.63) is 59.7 Å². The Morgan fingerprint density at radius 3 is 1.93 bits per heavy atom. The Balaban J connectivity index is 1.74. The second-order valence-electron chi connectivity index (χ2n) is 9.86. The van der Waals surface area contributed by atoms with Gasteiger partial charge in [-0.3, -0.25) is 9.59 Å². The number of amides is 2. The maximum atomic E-state index is 12.7. The van der Waals surface area contributed by atoms with Crippen LogP contribution in [0.25, 0.3) is 0 Å². The third-order valence-electron chi connectivity index (χ3n) is 6.40. The third-order valence-corrected chi connectivity index (χ3v) is 6.40. The van der Waals surface area contributed by atoms with Crippen LogP contribution >= 0.6 is 0 Å². The van der Waals surface area contributed by atoms with E-state index in [2.05, 4.69) is 17.6 Å². The Bertz CT molecular complexity index is 1070. The number of esters is 2. The van der Waals surface area contributed by atoms with Crippen molar-refractivity contribution in [3.8, 4) is 0 Å². The van der Waals surface area contributed by atoms with Crippen LogP contribution in [0.5, 0.6) is 0 Å². The smallest absolute Gasteiger partial charge is 0.340 e. The fraction of sp³-hybridized carbons (Fsp3) is 0.500. The van der Waals surface area contributed by atoms with Gasteiger partial charge in [0.15, 0.2) is 6.61 Å². The highest BCUT2D eigenvalue weighted by Crippen LogP contribution is 2.18. The first-order valence-corrected chi connectivity index (χ1v) is 14.6. The summed E-state index contributed by atoms with van der Waals surface area (Å²) in [6.45, 7) is 4.09. The molecule has 0 aromatic heterocycles. The molecule has 218 valence electrons. The largest absolute Gasteiger partial charge is 0.462 e. The summed E-state index contributed by atoms with van der Waals surface area (Å²) in [5.74, 6) is -1.81. The highest BCUT2D eigenvalue weighted by atomic mass is 16.5. The van der Waals surface area contributed by atoms with Crippen LogP contribution in [0.1, 0.15) is 112 Å². The van der Waals surface area contributed by atoms with Crippen LogP contribution in [0.3, 0.4) is 0 Å². The summed E-state index contributed by atoms with van der Waals surface area (Å²) >= 11 is 0. The molecule has 2 rings (SSSR count). The van der Waals surface area contributed by atoms with E-state index in [1.807, 2.05) is 6.92 Å². The topological polar surface area (TPSA) is 111 Å². The molecule has 0 unspecified atom stereocenters. The van der Waals surface area contributed by atoms with Crippen molar-refractivity contribution in [2.24, 2.45) is 0 Å². The predicted octanol–water partition coefficient (Wildman–Crippen LogP) is 7.30. The zero-order chi connectivity index (χ0) is 29.0. The molecule has 0 saturated heterocycles. The monoisotopic (exact) mass is 552 g/mol. The zero-order valence-electron chi connectivity index (χ0n) is 24.0. The van der Waals surface area contributed by atoms with E-state index in [9.17, 15) is 19.2 Å². The molecular weight excluding hydrogens is 508 g/mol. The van der Waals surface area contributed by atoms with E-state index in [0.29, 0.717) is 30.0 Å². The molecular formula is C32H44N2O6. The molecule has 2 amide bonds. The normalized spacial score (nSPS) is 10.6. The minimum atomic E-state index is -0.709. The van der Waals surface area contributed by atoms with E-state index in [-0.39, 0.29) is 11.5 Å². The van der Waals surface area contributed by atoms with E-state index in [0.717, 1.165) is 32.1 Å². The van der Waals surface area contributed by atoms with Crippen molar-refractivity contribution in [1.82, 2.24) is 0 Å². The molecule has 8 heteroatoms. The van der Waals surface area contributed by atoms with Crippen LogP contribution in [0, 0.1) is 0 Å². The molecule has 0 heterocycles. The summed E-state index contributed by atoms with van der Waals surface area (Å²) in [6, 6.07) is 12.9. The van der Waals surface area contributed by atoms with E-state index in [1.54, 1.807) is 48.5 Å². The van der Waals surface area contributed by atoms with E-state index >= 15 is 0 Å². The average Bonchev–Trinajstić information content (AvgIpc) is 2.96. The van der Waals surface area contributed by atoms with E-state index in [4.69, 9.17) is 9.47 Å². The number of unbranched alkanes of at least 4 members (excludes halogenated alkanes) is 9. The summed E-state index contributed by atoms with van der Waals surface area (Å²) < 4.78 is 10.4. The average molecular weight is 553 g/mol. The molecule has 0 aliphatic carbocycles. The van der Waals surface area contributed by atoms with Gasteiger partial charge in [0.2, 0.25) is 5.91 Å². The standard InChI is InChI=1S/C32H44N2O6/c1-3-5-7-8-9-10-11-12-13-18-29(35)34-28-17-15-14-16-27(28)32(38)40-24-30(36)33-26-21-19-25(20-22-26)31(37)39-23-6-4-2/h14-17,19-22H,3-13,18,23-24H2,1-2H3,(H,33,36)(H,34,35). The minimum Gasteiger partial charge on any atom is -0.462 e. The Morgan fingerprint density at radius 1 is 0.625 bits per heavy atom. The molecule has 0 aliphatic rings. The summed E-state index contributed by atoms with van der Waals surface area (Å²) in [6.07, 6.45) is 12.6. The minimum absolute atomic E-state index is 0.154. The molecule has 0 bridgehead atoms. The molecule has 2 aromatic carbocycles. The Labute approximate surface area is 238 Å². The van der Waals surface area contributed by atoms with Crippen LogP contribution in [0.2, 0.25) is 0 Å². The molecule has 0 saturated carbocycles. The first-order valence-electron chi connectivity index (χ1n) is 14.6. The van der Waals surface area contributed by atoms with Crippen LogP contribution in [-0.4, -0.2) is 37.0 Å². The van der Waals surface area contributed by atoms with Crippen LogP contribution in [0.4, 0.5) is 11.4 Å². The molecule has 40 heavy (non-hydrogen) atoms. The lowest BCUT2D eigenvalue weighted by Crippen LogP contribution is -2.22. The molecule has 0 fully saturated rings. The van der Waals surface area contributed by atoms with Gasteiger partial charge in [-0.25, -0.2) is 9.59 Å². The number of nitrogens with one attached hydrogen (secondary N) is 2. The van der Waals surface area contributed by atoms with Gasteiger partial charge in [0.25, 0.3) is 5.91 Å². The maximum Gasteiger partial charge on any atom is 0.340 e. The zero-order valence-corrected chi connectivity index (χ0v) is 24.0. The first kappa shape index (κ1) is 32.5. The van der Waals surface area contributed by atoms with Crippen molar-refractivity contribution >= 4 is 35.1 Å². The van der Waals surface area contributed by atoms with Crippen LogP contribution < -0.4 is 10.6 Å². The molecule has 0 aliphatic heterocycles. The van der Waals surface area contributed by atoms with Crippen molar-refractivity contribution in [1.29, 1.82) is 0 Å². The second-order valence-corrected chi connectivity index (χ2v) is 9.86. The van der Waals surface area contributed by atoms with Gasteiger partial charge in [-0.15, -0.1) is 0 Å². The molecule has 2 aromatic rings. The van der Waals surface area contributed by atoms with E-state index < -0.39 is 24.5 Å². The van der Waals surface area contributed by atoms with Crippen molar-refractivity contribution < 1.29 is 28.7 Å². The quantitative estimate of drug-likeness (QED) is 0.140. The lowest BCUT2D eigenvalue weighted by molar-refractivity contribution is -0.119. The van der Waals surface area contributed by atoms with Crippen LogP contribution in [-0.2, 0) is 19.1 Å². The van der Waals surface area contributed by atoms with Crippen molar-refractivity contribution in [2.45, 2.75) is 90.9 Å². The Morgan fingerprint density at radius 2 is 1.25 bits per heavy atom. The molecule has 2 N–H and O–H groups in total. The third kappa shape index (κ3) is 12.9. The van der Waals surface area contributed by atoms with Gasteiger partial charge in [-0.1, -0.05) is 83.8 Å². The van der Waals surface area contributed by atoms with Gasteiger partial charge in [-0.2, -0.15) is 0 Å². The maximum absolute atomic E-state index is 12.7. The number of hydrogen-bond acceptors (Lipinski definition) is 6. The van der Waals surface area contributed by atoms with Crippen molar-refractivity contribution in [2.75, 3.05) is 23.8 Å². The van der Waals surface area contributed by atoms with Gasteiger partial charge in [0, 0.05) is 12.1 Å². The fourth-order valence-corrected chi connectivity index (χ4v) is 4.07. The number of carbonyl (C=O) groups excluding carboxylic acids is 4. The van der Waals surface area contributed by atoms with Crippen LogP contribution in [0.15, 0.2) is 48.5 Å². The van der Waals surface area contributed by atoms with Gasteiger partial charge >= 0.3 is 11.9 Å². The first-order chi connectivity index (χ1) is 19.4. The van der Waals surface area contributed by atoms with Gasteiger partial charge in [0.05, 0.1) is 23.4 Å². The van der Waals surface area contributed by atoms with E-state index in [1.165, 1.54) is 38.5 Å². The number of para-hydroxylation sites is 1. The Hall–Kier alpha value is -3.68. The number of carbonyl (C=O) groups is 4. The Kier molecular flexibility index (Phi) is 15.8. The summed E-state index contributed by atoms with van der Waals surface area (Å²) in [5, 5.41) is 5.42. The lowest BCUT2D eigenvalue weighted by Gasteiger charge is -2.11. The molecule has 8 nitrogen and oxygen atoms in total.